The van der Waals surface area contributed by atoms with Gasteiger partial charge < -0.3 is 4.90 Å². The van der Waals surface area contributed by atoms with Crippen LogP contribution >= 0.6 is 15.9 Å². The number of rotatable bonds is 5. The minimum Gasteiger partial charge on any atom is -0.365 e. The molecule has 0 N–H and O–H groups in total. The summed E-state index contributed by atoms with van der Waals surface area (Å²) in [5.74, 6) is -0.173. The minimum atomic E-state index is -0.173. The lowest BCUT2D eigenvalue weighted by Crippen LogP contribution is -2.23. The lowest BCUT2D eigenvalue weighted by molar-refractivity contribution is 0.616. The number of aromatic nitrogens is 1. The van der Waals surface area contributed by atoms with E-state index in [0.29, 0.717) is 17.6 Å². The molecule has 0 saturated carbocycles. The third-order valence-corrected chi connectivity index (χ3v) is 3.66. The number of hydrogen-bond donors (Lipinski definition) is 0. The molecule has 0 unspecified atom stereocenters. The average Bonchev–Trinajstić information content (AvgIpc) is 2.46. The molecule has 1 aromatic heterocycles. The van der Waals surface area contributed by atoms with Crippen LogP contribution in [0.1, 0.15) is 18.1 Å². The second-order valence-corrected chi connectivity index (χ2v) is 4.85. The molecule has 0 bridgehead atoms. The molecule has 1 heterocycles. The van der Waals surface area contributed by atoms with Crippen molar-refractivity contribution in [2.24, 2.45) is 0 Å². The normalized spacial score (nSPS) is 10.5. The highest BCUT2D eigenvalue weighted by Crippen LogP contribution is 2.23. The smallest absolute Gasteiger partial charge is 0.146 e. The van der Waals surface area contributed by atoms with Gasteiger partial charge in [-0.2, -0.15) is 0 Å². The zero-order valence-electron chi connectivity index (χ0n) is 10.8. The molecule has 0 aliphatic carbocycles. The first-order chi connectivity index (χ1) is 9.24. The summed E-state index contributed by atoms with van der Waals surface area (Å²) in [6.07, 6.45) is 3.51. The van der Waals surface area contributed by atoms with Crippen molar-refractivity contribution < 1.29 is 4.39 Å². The van der Waals surface area contributed by atoms with Gasteiger partial charge in [0.05, 0.1) is 5.69 Å². The summed E-state index contributed by atoms with van der Waals surface area (Å²) in [7, 11) is 0. The van der Waals surface area contributed by atoms with Gasteiger partial charge in [0.1, 0.15) is 5.82 Å². The van der Waals surface area contributed by atoms with Crippen molar-refractivity contribution in [3.05, 3.63) is 59.7 Å². The predicted octanol–water partition coefficient (Wildman–Crippen LogP) is 4.14. The van der Waals surface area contributed by atoms with E-state index in [9.17, 15) is 4.39 Å². The van der Waals surface area contributed by atoms with Crippen molar-refractivity contribution in [2.75, 3.05) is 11.4 Å². The number of anilines is 1. The van der Waals surface area contributed by atoms with Crippen LogP contribution in [0.5, 0.6) is 0 Å². The molecular formula is C15H16BrFN2. The summed E-state index contributed by atoms with van der Waals surface area (Å²) in [5, 5.41) is 0.667. The number of nitrogens with zero attached hydrogens (tertiary/aromatic N) is 2. The fourth-order valence-electron chi connectivity index (χ4n) is 1.97. The Morgan fingerprint density at radius 1 is 1.16 bits per heavy atom. The minimum absolute atomic E-state index is 0.173. The van der Waals surface area contributed by atoms with E-state index in [4.69, 9.17) is 0 Å². The van der Waals surface area contributed by atoms with E-state index in [1.165, 1.54) is 0 Å². The topological polar surface area (TPSA) is 16.1 Å². The van der Waals surface area contributed by atoms with Gasteiger partial charge in [-0.3, -0.25) is 4.98 Å². The molecule has 2 aromatic rings. The Bertz CT molecular complexity index is 531. The van der Waals surface area contributed by atoms with Gasteiger partial charge in [-0.1, -0.05) is 22.0 Å². The van der Waals surface area contributed by atoms with E-state index >= 15 is 0 Å². The third-order valence-electron chi connectivity index (χ3n) is 3.01. The van der Waals surface area contributed by atoms with E-state index in [-0.39, 0.29) is 5.82 Å². The Hall–Kier alpha value is -1.42. The first kappa shape index (κ1) is 14.0. The quantitative estimate of drug-likeness (QED) is 0.769. The molecule has 1 aromatic carbocycles. The van der Waals surface area contributed by atoms with Crippen molar-refractivity contribution in [2.45, 2.75) is 18.8 Å². The number of halogens is 2. The van der Waals surface area contributed by atoms with Gasteiger partial charge in [0.15, 0.2) is 0 Å². The molecule has 2 rings (SSSR count). The first-order valence-corrected chi connectivity index (χ1v) is 7.35. The summed E-state index contributed by atoms with van der Waals surface area (Å²) in [6, 6.07) is 9.28. The monoisotopic (exact) mass is 322 g/mol. The lowest BCUT2D eigenvalue weighted by Gasteiger charge is -2.24. The van der Waals surface area contributed by atoms with E-state index in [1.807, 2.05) is 36.1 Å². The number of benzene rings is 1. The van der Waals surface area contributed by atoms with Crippen molar-refractivity contribution in [1.29, 1.82) is 0 Å². The van der Waals surface area contributed by atoms with Crippen LogP contribution in [0.3, 0.4) is 0 Å². The first-order valence-electron chi connectivity index (χ1n) is 6.22. The third kappa shape index (κ3) is 3.53. The van der Waals surface area contributed by atoms with Crippen LogP contribution in [0.25, 0.3) is 0 Å². The fourth-order valence-corrected chi connectivity index (χ4v) is 2.31. The van der Waals surface area contributed by atoms with Gasteiger partial charge in [-0.25, -0.2) is 4.39 Å². The summed E-state index contributed by atoms with van der Waals surface area (Å²) >= 11 is 3.34. The van der Waals surface area contributed by atoms with Crippen LogP contribution in [0.2, 0.25) is 0 Å². The molecule has 0 fully saturated rings. The van der Waals surface area contributed by atoms with Gasteiger partial charge in [-0.15, -0.1) is 0 Å². The number of pyridine rings is 1. The van der Waals surface area contributed by atoms with Crippen LogP contribution in [0.4, 0.5) is 10.1 Å². The van der Waals surface area contributed by atoms with E-state index in [1.54, 1.807) is 18.5 Å². The Balaban J connectivity index is 2.22. The van der Waals surface area contributed by atoms with Crippen molar-refractivity contribution in [3.8, 4) is 0 Å². The zero-order valence-corrected chi connectivity index (χ0v) is 12.4. The molecule has 19 heavy (non-hydrogen) atoms. The standard InChI is InChI=1S/C15H16BrFN2/c1-2-19(11-12-5-7-18-8-6-12)15-4-3-13(10-16)9-14(15)17/h3-9H,2,10-11H2,1H3. The summed E-state index contributed by atoms with van der Waals surface area (Å²) in [4.78, 5) is 6.01. The summed E-state index contributed by atoms with van der Waals surface area (Å²) < 4.78 is 14.1. The molecular weight excluding hydrogens is 307 g/mol. The molecule has 0 aliphatic heterocycles. The molecule has 100 valence electrons. The van der Waals surface area contributed by atoms with Crippen LogP contribution in [0, 0.1) is 5.82 Å². The van der Waals surface area contributed by atoms with Crippen LogP contribution < -0.4 is 4.90 Å². The van der Waals surface area contributed by atoms with E-state index < -0.39 is 0 Å². The van der Waals surface area contributed by atoms with Crippen LogP contribution in [-0.2, 0) is 11.9 Å². The molecule has 2 nitrogen and oxygen atoms in total. The molecule has 0 aliphatic rings. The van der Waals surface area contributed by atoms with Gasteiger partial charge in [-0.05, 0) is 42.3 Å². The Morgan fingerprint density at radius 3 is 2.47 bits per heavy atom. The second kappa shape index (κ2) is 6.66. The highest BCUT2D eigenvalue weighted by Gasteiger charge is 2.11. The van der Waals surface area contributed by atoms with Crippen LogP contribution in [0.15, 0.2) is 42.7 Å². The Labute approximate surface area is 121 Å². The molecule has 0 spiro atoms. The van der Waals surface area contributed by atoms with Crippen molar-refractivity contribution >= 4 is 21.6 Å². The van der Waals surface area contributed by atoms with E-state index in [0.717, 1.165) is 17.7 Å². The Morgan fingerprint density at radius 2 is 1.89 bits per heavy atom. The van der Waals surface area contributed by atoms with Crippen LogP contribution in [-0.4, -0.2) is 11.5 Å². The van der Waals surface area contributed by atoms with Crippen molar-refractivity contribution in [1.82, 2.24) is 4.98 Å². The predicted molar refractivity (Wildman–Crippen MR) is 80.0 cm³/mol. The largest absolute Gasteiger partial charge is 0.365 e. The Kier molecular flexibility index (Phi) is 4.91. The van der Waals surface area contributed by atoms with Gasteiger partial charge in [0, 0.05) is 30.8 Å². The van der Waals surface area contributed by atoms with Gasteiger partial charge in [0.25, 0.3) is 0 Å². The molecule has 4 heteroatoms. The molecule has 0 saturated heterocycles. The maximum absolute atomic E-state index is 14.1. The lowest BCUT2D eigenvalue weighted by atomic mass is 10.2. The van der Waals surface area contributed by atoms with E-state index in [2.05, 4.69) is 20.9 Å². The summed E-state index contributed by atoms with van der Waals surface area (Å²) in [5.41, 5.74) is 2.71. The number of alkyl halides is 1. The second-order valence-electron chi connectivity index (χ2n) is 4.29. The zero-order chi connectivity index (χ0) is 13.7. The highest BCUT2D eigenvalue weighted by atomic mass is 79.9. The number of hydrogen-bond acceptors (Lipinski definition) is 2. The van der Waals surface area contributed by atoms with Gasteiger partial charge in [0.2, 0.25) is 0 Å². The molecule has 0 amide bonds. The van der Waals surface area contributed by atoms with Crippen molar-refractivity contribution in [3.63, 3.8) is 0 Å². The maximum Gasteiger partial charge on any atom is 0.146 e. The fraction of sp³-hybridized carbons (Fsp3) is 0.267. The highest BCUT2D eigenvalue weighted by molar-refractivity contribution is 9.08. The SMILES string of the molecule is CCN(Cc1ccncc1)c1ccc(CBr)cc1F. The average molecular weight is 323 g/mol. The summed E-state index contributed by atoms with van der Waals surface area (Å²) in [6.45, 7) is 3.47. The maximum atomic E-state index is 14.1. The molecule has 0 radical (unpaired) electrons. The molecule has 0 atom stereocenters. The van der Waals surface area contributed by atoms with Gasteiger partial charge >= 0.3 is 0 Å².